The third-order valence-electron chi connectivity index (χ3n) is 6.06. The molecule has 0 spiro atoms. The molecule has 1 unspecified atom stereocenters. The summed E-state index contributed by atoms with van der Waals surface area (Å²) in [6.45, 7) is 0.787. The van der Waals surface area contributed by atoms with Gasteiger partial charge in [0.05, 0.1) is 7.11 Å². The van der Waals surface area contributed by atoms with Gasteiger partial charge in [-0.1, -0.05) is 24.3 Å². The van der Waals surface area contributed by atoms with Crippen molar-refractivity contribution in [3.05, 3.63) is 89.7 Å². The molecule has 198 valence electrons. The summed E-state index contributed by atoms with van der Waals surface area (Å²) in [7, 11) is 1.54. The van der Waals surface area contributed by atoms with Crippen molar-refractivity contribution in [3.8, 4) is 5.75 Å². The fourth-order valence-electron chi connectivity index (χ4n) is 4.08. The summed E-state index contributed by atoms with van der Waals surface area (Å²) in [4.78, 5) is 42.3. The van der Waals surface area contributed by atoms with Gasteiger partial charge in [-0.15, -0.1) is 0 Å². The number of nitrogens with zero attached hydrogens (tertiary/aromatic N) is 2. The Hall–Kier alpha value is -4.64. The number of carbonyl (C=O) groups excluding carboxylic acids is 3. The van der Waals surface area contributed by atoms with E-state index < -0.39 is 30.0 Å². The fraction of sp³-hybridized carbons (Fsp3) is 0.222. The molecule has 1 fully saturated rings. The van der Waals surface area contributed by atoms with Gasteiger partial charge in [0.15, 0.2) is 6.17 Å². The van der Waals surface area contributed by atoms with Crippen molar-refractivity contribution in [2.45, 2.75) is 19.3 Å². The Kier molecular flexibility index (Phi) is 8.39. The second-order valence-corrected chi connectivity index (χ2v) is 8.60. The highest BCUT2D eigenvalue weighted by atomic mass is 19.1. The number of halogens is 1. The highest BCUT2D eigenvalue weighted by molar-refractivity contribution is 5.98. The van der Waals surface area contributed by atoms with Crippen LogP contribution in [0.2, 0.25) is 0 Å². The van der Waals surface area contributed by atoms with Gasteiger partial charge in [-0.25, -0.2) is 14.0 Å². The number of ether oxygens (including phenoxy) is 1. The van der Waals surface area contributed by atoms with Gasteiger partial charge in [0.25, 0.3) is 5.91 Å². The Morgan fingerprint density at radius 3 is 2.00 bits per heavy atom. The Morgan fingerprint density at radius 1 is 0.895 bits per heavy atom. The lowest BCUT2D eigenvalue weighted by Crippen LogP contribution is -2.55. The Balaban J connectivity index is 1.51. The molecule has 1 aliphatic heterocycles. The van der Waals surface area contributed by atoms with Crippen LogP contribution in [0, 0.1) is 5.82 Å². The molecule has 0 radical (unpaired) electrons. The van der Waals surface area contributed by atoms with Crippen molar-refractivity contribution in [1.82, 2.24) is 15.1 Å². The second-order valence-electron chi connectivity index (χ2n) is 8.60. The van der Waals surface area contributed by atoms with E-state index in [9.17, 15) is 18.8 Å². The summed E-state index contributed by atoms with van der Waals surface area (Å²) in [5.74, 6) is -0.343. The van der Waals surface area contributed by atoms with Crippen LogP contribution < -0.4 is 26.4 Å². The van der Waals surface area contributed by atoms with Gasteiger partial charge in [0, 0.05) is 37.6 Å². The van der Waals surface area contributed by atoms with E-state index in [0.717, 1.165) is 11.1 Å². The van der Waals surface area contributed by atoms with Gasteiger partial charge < -0.3 is 26.4 Å². The topological polar surface area (TPSA) is 129 Å². The summed E-state index contributed by atoms with van der Waals surface area (Å²) in [5, 5.41) is 8.25. The van der Waals surface area contributed by atoms with Crippen molar-refractivity contribution in [2.75, 3.05) is 30.8 Å². The van der Waals surface area contributed by atoms with Crippen molar-refractivity contribution in [1.29, 1.82) is 0 Å². The average Bonchev–Trinajstić information content (AvgIpc) is 3.39. The first-order valence-corrected chi connectivity index (χ1v) is 12.0. The zero-order valence-corrected chi connectivity index (χ0v) is 20.8. The van der Waals surface area contributed by atoms with Gasteiger partial charge in [0.1, 0.15) is 11.6 Å². The normalized spacial score (nSPS) is 14.7. The van der Waals surface area contributed by atoms with E-state index >= 15 is 0 Å². The third kappa shape index (κ3) is 6.37. The average molecular weight is 521 g/mol. The van der Waals surface area contributed by atoms with Crippen LogP contribution in [0.25, 0.3) is 0 Å². The third-order valence-corrected chi connectivity index (χ3v) is 6.06. The molecular formula is C27H29FN6O4. The van der Waals surface area contributed by atoms with E-state index in [1.807, 2.05) is 24.3 Å². The number of hydrogen-bond acceptors (Lipinski definition) is 5. The zero-order valence-electron chi connectivity index (χ0n) is 20.8. The van der Waals surface area contributed by atoms with Gasteiger partial charge >= 0.3 is 12.1 Å². The summed E-state index contributed by atoms with van der Waals surface area (Å²) >= 11 is 0. The number of hydrogen-bond donors (Lipinski definition) is 4. The second kappa shape index (κ2) is 12.1. The number of methoxy groups -OCH3 is 1. The van der Waals surface area contributed by atoms with Crippen LogP contribution in [-0.4, -0.2) is 54.1 Å². The largest absolute Gasteiger partial charge is 0.497 e. The summed E-state index contributed by atoms with van der Waals surface area (Å²) < 4.78 is 18.4. The zero-order chi connectivity index (χ0) is 27.1. The standard InChI is InChI=1S/C27H29FN6O4/c1-38-23-11-9-22(10-12-23)32-27(37)34-14-13-33(26(36)31-21-7-5-20(28)6-8-21)25(34)24(35)30-17-19-4-2-3-18(15-19)16-29/h2-12,15,25H,13-14,16-17,29H2,1H3,(H,30,35)(H,31,36)(H,32,37). The quantitative estimate of drug-likeness (QED) is 0.380. The maximum Gasteiger partial charge on any atom is 0.323 e. The Labute approximate surface area is 219 Å². The van der Waals surface area contributed by atoms with Gasteiger partial charge in [-0.05, 0) is 59.7 Å². The molecule has 1 aliphatic rings. The van der Waals surface area contributed by atoms with Crippen LogP contribution in [0.15, 0.2) is 72.8 Å². The monoisotopic (exact) mass is 520 g/mol. The van der Waals surface area contributed by atoms with Crippen molar-refractivity contribution in [2.24, 2.45) is 5.73 Å². The molecule has 3 aromatic rings. The van der Waals surface area contributed by atoms with Crippen molar-refractivity contribution in [3.63, 3.8) is 0 Å². The number of amides is 5. The van der Waals surface area contributed by atoms with E-state index in [4.69, 9.17) is 10.5 Å². The fourth-order valence-corrected chi connectivity index (χ4v) is 4.08. The molecule has 1 saturated heterocycles. The lowest BCUT2D eigenvalue weighted by atomic mass is 10.1. The molecule has 5 N–H and O–H groups in total. The SMILES string of the molecule is COc1ccc(NC(=O)N2CCN(C(=O)Nc3ccc(F)cc3)C2C(=O)NCc2cccc(CN)c2)cc1. The molecule has 4 rings (SSSR count). The molecule has 0 aliphatic carbocycles. The maximum atomic E-state index is 13.4. The summed E-state index contributed by atoms with van der Waals surface area (Å²) in [6, 6.07) is 18.3. The number of benzene rings is 3. The molecular weight excluding hydrogens is 491 g/mol. The van der Waals surface area contributed by atoms with E-state index in [-0.39, 0.29) is 19.6 Å². The van der Waals surface area contributed by atoms with Crippen molar-refractivity contribution < 1.29 is 23.5 Å². The molecule has 11 heteroatoms. The van der Waals surface area contributed by atoms with E-state index in [1.54, 1.807) is 31.4 Å². The highest BCUT2D eigenvalue weighted by Crippen LogP contribution is 2.21. The first kappa shape index (κ1) is 26.4. The smallest absolute Gasteiger partial charge is 0.323 e. The Morgan fingerprint density at radius 2 is 1.45 bits per heavy atom. The molecule has 3 aromatic carbocycles. The lowest BCUT2D eigenvalue weighted by Gasteiger charge is -2.29. The van der Waals surface area contributed by atoms with Crippen LogP contribution in [-0.2, 0) is 17.9 Å². The number of urea groups is 2. The minimum atomic E-state index is -1.22. The summed E-state index contributed by atoms with van der Waals surface area (Å²) in [5.41, 5.74) is 8.31. The molecule has 1 heterocycles. The number of nitrogens with two attached hydrogens (primary N) is 1. The summed E-state index contributed by atoms with van der Waals surface area (Å²) in [6.07, 6.45) is -1.22. The van der Waals surface area contributed by atoms with Crippen LogP contribution in [0.4, 0.5) is 25.4 Å². The highest BCUT2D eigenvalue weighted by Gasteiger charge is 2.42. The van der Waals surface area contributed by atoms with Gasteiger partial charge in [-0.2, -0.15) is 0 Å². The molecule has 0 bridgehead atoms. The molecule has 5 amide bonds. The van der Waals surface area contributed by atoms with Gasteiger partial charge in [0.2, 0.25) is 0 Å². The minimum Gasteiger partial charge on any atom is -0.497 e. The number of nitrogens with one attached hydrogen (secondary N) is 3. The Bertz CT molecular complexity index is 1290. The number of rotatable bonds is 7. The molecule has 1 atom stereocenters. The van der Waals surface area contributed by atoms with E-state index in [0.29, 0.717) is 23.7 Å². The molecule has 0 aromatic heterocycles. The van der Waals surface area contributed by atoms with E-state index in [1.165, 1.54) is 34.1 Å². The van der Waals surface area contributed by atoms with E-state index in [2.05, 4.69) is 16.0 Å². The van der Waals surface area contributed by atoms with Crippen LogP contribution in [0.5, 0.6) is 5.75 Å². The predicted octanol–water partition coefficient (Wildman–Crippen LogP) is 3.32. The first-order chi connectivity index (χ1) is 18.4. The van der Waals surface area contributed by atoms with Crippen LogP contribution in [0.3, 0.4) is 0 Å². The predicted molar refractivity (Wildman–Crippen MR) is 141 cm³/mol. The molecule has 0 saturated carbocycles. The number of anilines is 2. The maximum absolute atomic E-state index is 13.4. The molecule has 10 nitrogen and oxygen atoms in total. The first-order valence-electron chi connectivity index (χ1n) is 12.0. The van der Waals surface area contributed by atoms with Crippen molar-refractivity contribution >= 4 is 29.3 Å². The molecule has 38 heavy (non-hydrogen) atoms. The number of carbonyl (C=O) groups is 3. The van der Waals surface area contributed by atoms with Crippen LogP contribution in [0.1, 0.15) is 11.1 Å². The van der Waals surface area contributed by atoms with Gasteiger partial charge in [-0.3, -0.25) is 14.6 Å². The minimum absolute atomic E-state index is 0.115. The lowest BCUT2D eigenvalue weighted by molar-refractivity contribution is -0.127. The van der Waals surface area contributed by atoms with Crippen LogP contribution >= 0.6 is 0 Å².